The minimum absolute atomic E-state index is 0.0290. The molecular weight excluding hydrogens is 190 g/mol. The van der Waals surface area contributed by atoms with Gasteiger partial charge in [-0.25, -0.2) is 0 Å². The van der Waals surface area contributed by atoms with Gasteiger partial charge in [0, 0.05) is 14.1 Å². The number of benzene rings is 1. The summed E-state index contributed by atoms with van der Waals surface area (Å²) in [7, 11) is 5.06. The molecule has 1 rings (SSSR count). The third-order valence-electron chi connectivity index (χ3n) is 2.26. The van der Waals surface area contributed by atoms with Gasteiger partial charge < -0.3 is 9.64 Å². The third kappa shape index (κ3) is 2.29. The predicted octanol–water partition coefficient (Wildman–Crippen LogP) is 2.01. The molecule has 3 nitrogen and oxygen atoms in total. The fraction of sp³-hybridized carbons (Fsp3) is 0.417. The van der Waals surface area contributed by atoms with Crippen LogP contribution < -0.4 is 4.74 Å². The van der Waals surface area contributed by atoms with Crippen molar-refractivity contribution in [3.05, 3.63) is 28.8 Å². The Morgan fingerprint density at radius 1 is 1.27 bits per heavy atom. The standard InChI is InChI=1S/C12H17NO2/c1-8-6-9(2)11(15-5)10(7-8)12(14)13(3)4/h6-7H,1-5H3. The normalized spacial score (nSPS) is 9.93. The molecule has 3 heteroatoms. The largest absolute Gasteiger partial charge is 0.496 e. The zero-order valence-electron chi connectivity index (χ0n) is 9.92. The maximum Gasteiger partial charge on any atom is 0.257 e. The molecule has 82 valence electrons. The molecule has 0 heterocycles. The maximum absolute atomic E-state index is 11.9. The number of nitrogens with zero attached hydrogens (tertiary/aromatic N) is 1. The quantitative estimate of drug-likeness (QED) is 0.742. The van der Waals surface area contributed by atoms with Crippen LogP contribution in [0.15, 0.2) is 12.1 Å². The van der Waals surface area contributed by atoms with Gasteiger partial charge in [-0.2, -0.15) is 0 Å². The van der Waals surface area contributed by atoms with E-state index in [1.54, 1.807) is 26.1 Å². The Kier molecular flexibility index (Phi) is 3.35. The second-order valence-corrected chi connectivity index (χ2v) is 3.86. The summed E-state index contributed by atoms with van der Waals surface area (Å²) in [5, 5.41) is 0. The first kappa shape index (κ1) is 11.6. The number of rotatable bonds is 2. The number of ether oxygens (including phenoxy) is 1. The summed E-state index contributed by atoms with van der Waals surface area (Å²) in [5.74, 6) is 0.637. The minimum Gasteiger partial charge on any atom is -0.496 e. The summed E-state index contributed by atoms with van der Waals surface area (Å²) < 4.78 is 5.25. The fourth-order valence-electron chi connectivity index (χ4n) is 1.63. The van der Waals surface area contributed by atoms with Crippen LogP contribution in [0.1, 0.15) is 21.5 Å². The molecule has 15 heavy (non-hydrogen) atoms. The lowest BCUT2D eigenvalue weighted by atomic mass is 10.0. The molecule has 0 bridgehead atoms. The van der Waals surface area contributed by atoms with Crippen LogP contribution >= 0.6 is 0 Å². The molecule has 0 radical (unpaired) electrons. The topological polar surface area (TPSA) is 29.5 Å². The van der Waals surface area contributed by atoms with E-state index in [4.69, 9.17) is 4.74 Å². The Labute approximate surface area is 90.7 Å². The Bertz CT molecular complexity index is 383. The number of hydrogen-bond donors (Lipinski definition) is 0. The average Bonchev–Trinajstić information content (AvgIpc) is 2.15. The highest BCUT2D eigenvalue weighted by molar-refractivity contribution is 5.97. The Hall–Kier alpha value is -1.51. The van der Waals surface area contributed by atoms with E-state index in [1.165, 1.54) is 0 Å². The number of hydrogen-bond acceptors (Lipinski definition) is 2. The molecule has 0 saturated heterocycles. The summed E-state index contributed by atoms with van der Waals surface area (Å²) in [6, 6.07) is 3.86. The number of carbonyl (C=O) groups is 1. The molecule has 0 N–H and O–H groups in total. The van der Waals surface area contributed by atoms with Crippen molar-refractivity contribution >= 4 is 5.91 Å². The van der Waals surface area contributed by atoms with E-state index in [9.17, 15) is 4.79 Å². The smallest absolute Gasteiger partial charge is 0.257 e. The van der Waals surface area contributed by atoms with Gasteiger partial charge in [0.2, 0.25) is 0 Å². The summed E-state index contributed by atoms with van der Waals surface area (Å²) in [4.78, 5) is 13.4. The summed E-state index contributed by atoms with van der Waals surface area (Å²) >= 11 is 0. The van der Waals surface area contributed by atoms with Crippen molar-refractivity contribution in [3.63, 3.8) is 0 Å². The van der Waals surface area contributed by atoms with Gasteiger partial charge in [0.15, 0.2) is 0 Å². The van der Waals surface area contributed by atoms with Crippen LogP contribution in [0.3, 0.4) is 0 Å². The lowest BCUT2D eigenvalue weighted by molar-refractivity contribution is 0.0824. The van der Waals surface area contributed by atoms with E-state index < -0.39 is 0 Å². The molecule has 0 saturated carbocycles. The maximum atomic E-state index is 11.9. The summed E-state index contributed by atoms with van der Waals surface area (Å²) in [5.41, 5.74) is 2.68. The summed E-state index contributed by atoms with van der Waals surface area (Å²) in [6.45, 7) is 3.91. The third-order valence-corrected chi connectivity index (χ3v) is 2.26. The lowest BCUT2D eigenvalue weighted by Gasteiger charge is -2.15. The van der Waals surface area contributed by atoms with Gasteiger partial charge in [-0.3, -0.25) is 4.79 Å². The van der Waals surface area contributed by atoms with Crippen LogP contribution in [0.2, 0.25) is 0 Å². The zero-order valence-corrected chi connectivity index (χ0v) is 9.92. The van der Waals surface area contributed by atoms with Crippen LogP contribution in [-0.2, 0) is 0 Å². The van der Waals surface area contributed by atoms with Gasteiger partial charge in [0.1, 0.15) is 5.75 Å². The van der Waals surface area contributed by atoms with Crippen LogP contribution in [0.25, 0.3) is 0 Å². The average molecular weight is 207 g/mol. The molecule has 1 aromatic rings. The van der Waals surface area contributed by atoms with Crippen LogP contribution in [-0.4, -0.2) is 32.0 Å². The van der Waals surface area contributed by atoms with E-state index in [2.05, 4.69) is 0 Å². The van der Waals surface area contributed by atoms with E-state index in [1.807, 2.05) is 26.0 Å². The van der Waals surface area contributed by atoms with Crippen LogP contribution in [0, 0.1) is 13.8 Å². The van der Waals surface area contributed by atoms with E-state index in [0.717, 1.165) is 11.1 Å². The lowest BCUT2D eigenvalue weighted by Crippen LogP contribution is -2.22. The molecule has 0 aromatic heterocycles. The van der Waals surface area contributed by atoms with Crippen molar-refractivity contribution in [2.45, 2.75) is 13.8 Å². The molecule has 1 aromatic carbocycles. The monoisotopic (exact) mass is 207 g/mol. The van der Waals surface area contributed by atoms with Gasteiger partial charge in [-0.1, -0.05) is 6.07 Å². The van der Waals surface area contributed by atoms with E-state index in [0.29, 0.717) is 11.3 Å². The van der Waals surface area contributed by atoms with E-state index >= 15 is 0 Å². The van der Waals surface area contributed by atoms with Gasteiger partial charge in [0.25, 0.3) is 5.91 Å². The number of carbonyl (C=O) groups excluding carboxylic acids is 1. The Morgan fingerprint density at radius 3 is 2.33 bits per heavy atom. The van der Waals surface area contributed by atoms with Crippen molar-refractivity contribution in [1.29, 1.82) is 0 Å². The first-order valence-electron chi connectivity index (χ1n) is 4.84. The van der Waals surface area contributed by atoms with Gasteiger partial charge in [-0.15, -0.1) is 0 Å². The second kappa shape index (κ2) is 4.34. The Balaban J connectivity index is 3.32. The highest BCUT2D eigenvalue weighted by atomic mass is 16.5. The molecule has 0 fully saturated rings. The van der Waals surface area contributed by atoms with Crippen molar-refractivity contribution in [2.24, 2.45) is 0 Å². The van der Waals surface area contributed by atoms with Gasteiger partial charge >= 0.3 is 0 Å². The number of aryl methyl sites for hydroxylation is 2. The Morgan fingerprint density at radius 2 is 1.87 bits per heavy atom. The van der Waals surface area contributed by atoms with Crippen molar-refractivity contribution in [1.82, 2.24) is 4.90 Å². The van der Waals surface area contributed by atoms with Crippen LogP contribution in [0.5, 0.6) is 5.75 Å². The van der Waals surface area contributed by atoms with Crippen molar-refractivity contribution in [2.75, 3.05) is 21.2 Å². The summed E-state index contributed by atoms with van der Waals surface area (Å²) in [6.07, 6.45) is 0. The fourth-order valence-corrected chi connectivity index (χ4v) is 1.63. The van der Waals surface area contributed by atoms with Crippen molar-refractivity contribution in [3.8, 4) is 5.75 Å². The van der Waals surface area contributed by atoms with Gasteiger partial charge in [0.05, 0.1) is 12.7 Å². The molecule has 0 aliphatic rings. The molecule has 0 spiro atoms. The van der Waals surface area contributed by atoms with E-state index in [-0.39, 0.29) is 5.91 Å². The number of methoxy groups -OCH3 is 1. The molecule has 1 amide bonds. The highest BCUT2D eigenvalue weighted by Gasteiger charge is 2.16. The molecule has 0 aliphatic carbocycles. The first-order chi connectivity index (χ1) is 6.97. The van der Waals surface area contributed by atoms with Crippen molar-refractivity contribution < 1.29 is 9.53 Å². The molecular formula is C12H17NO2. The molecule has 0 unspecified atom stereocenters. The molecule has 0 aliphatic heterocycles. The molecule has 0 atom stereocenters. The first-order valence-corrected chi connectivity index (χ1v) is 4.84. The zero-order chi connectivity index (χ0) is 11.6. The predicted molar refractivity (Wildman–Crippen MR) is 60.5 cm³/mol. The highest BCUT2D eigenvalue weighted by Crippen LogP contribution is 2.25. The minimum atomic E-state index is -0.0290. The number of amides is 1. The second-order valence-electron chi connectivity index (χ2n) is 3.86. The van der Waals surface area contributed by atoms with Gasteiger partial charge in [-0.05, 0) is 31.0 Å². The van der Waals surface area contributed by atoms with Crippen LogP contribution in [0.4, 0.5) is 0 Å². The SMILES string of the molecule is COc1c(C)cc(C)cc1C(=O)N(C)C.